The molecule has 0 unspecified atom stereocenters. The van der Waals surface area contributed by atoms with Crippen LogP contribution in [-0.4, -0.2) is 51.4 Å². The van der Waals surface area contributed by atoms with E-state index in [0.29, 0.717) is 30.0 Å². The van der Waals surface area contributed by atoms with Crippen LogP contribution in [0, 0.1) is 0 Å². The highest BCUT2D eigenvalue weighted by Gasteiger charge is 2.55. The molecule has 24 heavy (non-hydrogen) atoms. The number of hydrogen-bond acceptors (Lipinski definition) is 5. The maximum absolute atomic E-state index is 12.6. The number of anilines is 1. The molecule has 4 heterocycles. The summed E-state index contributed by atoms with van der Waals surface area (Å²) < 4.78 is 0. The molecule has 6 nitrogen and oxygen atoms in total. The molecule has 0 atom stereocenters. The number of carbonyl (C=O) groups excluding carboxylic acids is 1. The van der Waals surface area contributed by atoms with Gasteiger partial charge in [-0.25, -0.2) is 9.97 Å². The minimum atomic E-state index is -0.123. The number of nitrogens with zero attached hydrogens (tertiary/aromatic N) is 5. The molecule has 2 aromatic heterocycles. The van der Waals surface area contributed by atoms with Crippen LogP contribution in [0.15, 0.2) is 30.6 Å². The fraction of sp³-hybridized carbons (Fsp3) is 0.412. The summed E-state index contributed by atoms with van der Waals surface area (Å²) in [6.07, 6.45) is 3.46. The molecule has 2 aliphatic heterocycles. The summed E-state index contributed by atoms with van der Waals surface area (Å²) in [6.45, 7) is 6.41. The number of rotatable bonds is 2. The summed E-state index contributed by atoms with van der Waals surface area (Å²) in [5.74, 6) is 0.858. The zero-order valence-corrected chi connectivity index (χ0v) is 14.4. The van der Waals surface area contributed by atoms with Crippen LogP contribution in [0.3, 0.4) is 0 Å². The third-order valence-electron chi connectivity index (χ3n) is 4.76. The molecule has 0 bridgehead atoms. The summed E-state index contributed by atoms with van der Waals surface area (Å²) in [5.41, 5.74) is 1.26. The lowest BCUT2D eigenvalue weighted by Crippen LogP contribution is -2.63. The molecule has 1 saturated heterocycles. The lowest BCUT2D eigenvalue weighted by Gasteiger charge is -2.47. The van der Waals surface area contributed by atoms with Crippen LogP contribution >= 0.6 is 11.6 Å². The van der Waals surface area contributed by atoms with Crippen molar-refractivity contribution >= 4 is 23.3 Å². The maximum Gasteiger partial charge on any atom is 0.272 e. The molecule has 0 aromatic carbocycles. The standard InChI is InChI=1S/C17H18ClN5O/c1-11(2)23-10-17(14-15(23)20-7-6-19-14)8-22(9-17)16(24)12-4-3-5-13(18)21-12/h3-7,11H,8-10H2,1-2H3. The average molecular weight is 344 g/mol. The minimum absolute atomic E-state index is 0.0865. The van der Waals surface area contributed by atoms with E-state index < -0.39 is 0 Å². The van der Waals surface area contributed by atoms with Crippen molar-refractivity contribution in [1.82, 2.24) is 19.9 Å². The summed E-state index contributed by atoms with van der Waals surface area (Å²) >= 11 is 5.89. The van der Waals surface area contributed by atoms with Crippen LogP contribution in [0.5, 0.6) is 0 Å². The molecule has 0 saturated carbocycles. The Hall–Kier alpha value is -2.21. The normalized spacial score (nSPS) is 18.0. The van der Waals surface area contributed by atoms with Gasteiger partial charge >= 0.3 is 0 Å². The van der Waals surface area contributed by atoms with Crippen LogP contribution in [0.2, 0.25) is 5.15 Å². The van der Waals surface area contributed by atoms with Gasteiger partial charge < -0.3 is 9.80 Å². The Morgan fingerprint density at radius 3 is 2.67 bits per heavy atom. The summed E-state index contributed by atoms with van der Waals surface area (Å²) in [7, 11) is 0. The second-order valence-corrected chi connectivity index (χ2v) is 7.12. The van der Waals surface area contributed by atoms with Gasteiger partial charge in [0.1, 0.15) is 10.8 Å². The van der Waals surface area contributed by atoms with Crippen molar-refractivity contribution < 1.29 is 4.79 Å². The second-order valence-electron chi connectivity index (χ2n) is 6.74. The minimum Gasteiger partial charge on any atom is -0.352 e. The smallest absolute Gasteiger partial charge is 0.272 e. The number of aromatic nitrogens is 3. The highest BCUT2D eigenvalue weighted by atomic mass is 35.5. The van der Waals surface area contributed by atoms with Gasteiger partial charge in [-0.2, -0.15) is 0 Å². The predicted molar refractivity (Wildman–Crippen MR) is 91.3 cm³/mol. The topological polar surface area (TPSA) is 62.2 Å². The molecule has 2 aliphatic rings. The Kier molecular flexibility index (Phi) is 3.46. The first-order chi connectivity index (χ1) is 11.5. The SMILES string of the molecule is CC(C)N1CC2(CN(C(=O)c3cccc(Cl)n3)C2)c2nccnc21. The highest BCUT2D eigenvalue weighted by molar-refractivity contribution is 6.29. The van der Waals surface area contributed by atoms with E-state index in [4.69, 9.17) is 11.6 Å². The van der Waals surface area contributed by atoms with Crippen molar-refractivity contribution in [3.05, 3.63) is 47.1 Å². The van der Waals surface area contributed by atoms with Crippen molar-refractivity contribution in [2.24, 2.45) is 0 Å². The second kappa shape index (κ2) is 5.41. The van der Waals surface area contributed by atoms with Gasteiger partial charge in [0, 0.05) is 38.1 Å². The number of amides is 1. The Morgan fingerprint density at radius 1 is 1.21 bits per heavy atom. The van der Waals surface area contributed by atoms with E-state index in [-0.39, 0.29) is 11.3 Å². The molecule has 1 fully saturated rings. The number of pyridine rings is 1. The van der Waals surface area contributed by atoms with Crippen molar-refractivity contribution in [3.63, 3.8) is 0 Å². The molecule has 1 spiro atoms. The van der Waals surface area contributed by atoms with Gasteiger partial charge in [0.15, 0.2) is 5.82 Å². The van der Waals surface area contributed by atoms with E-state index in [2.05, 4.69) is 33.7 Å². The van der Waals surface area contributed by atoms with E-state index in [9.17, 15) is 4.79 Å². The first-order valence-corrected chi connectivity index (χ1v) is 8.38. The van der Waals surface area contributed by atoms with Crippen LogP contribution < -0.4 is 4.90 Å². The molecular weight excluding hydrogens is 326 g/mol. The van der Waals surface area contributed by atoms with Gasteiger partial charge in [-0.15, -0.1) is 0 Å². The third kappa shape index (κ3) is 2.24. The summed E-state index contributed by atoms with van der Waals surface area (Å²) in [5, 5.41) is 0.333. The Bertz CT molecular complexity index is 803. The van der Waals surface area contributed by atoms with Crippen molar-refractivity contribution in [2.45, 2.75) is 25.3 Å². The van der Waals surface area contributed by atoms with Gasteiger partial charge in [0.25, 0.3) is 5.91 Å². The zero-order chi connectivity index (χ0) is 16.9. The molecule has 0 aliphatic carbocycles. The van der Waals surface area contributed by atoms with Gasteiger partial charge in [0.2, 0.25) is 0 Å². The molecule has 0 N–H and O–H groups in total. The monoisotopic (exact) mass is 343 g/mol. The van der Waals surface area contributed by atoms with E-state index in [1.165, 1.54) is 0 Å². The molecule has 124 valence electrons. The van der Waals surface area contributed by atoms with Gasteiger partial charge in [-0.05, 0) is 26.0 Å². The third-order valence-corrected chi connectivity index (χ3v) is 4.97. The molecule has 4 rings (SSSR count). The lowest BCUT2D eigenvalue weighted by atomic mass is 9.78. The highest BCUT2D eigenvalue weighted by Crippen LogP contribution is 2.45. The van der Waals surface area contributed by atoms with Crippen LogP contribution in [0.4, 0.5) is 5.82 Å². The molecular formula is C17H18ClN5O. The molecule has 2 aromatic rings. The average Bonchev–Trinajstić information content (AvgIpc) is 2.89. The van der Waals surface area contributed by atoms with Crippen LogP contribution in [0.1, 0.15) is 30.0 Å². The maximum atomic E-state index is 12.6. The Balaban J connectivity index is 1.57. The number of fused-ring (bicyclic) bond motifs is 2. The largest absolute Gasteiger partial charge is 0.352 e. The summed E-state index contributed by atoms with van der Waals surface area (Å²) in [6, 6.07) is 5.45. The van der Waals surface area contributed by atoms with Crippen molar-refractivity contribution in [1.29, 1.82) is 0 Å². The fourth-order valence-electron chi connectivity index (χ4n) is 3.59. The van der Waals surface area contributed by atoms with E-state index in [1.54, 1.807) is 35.5 Å². The van der Waals surface area contributed by atoms with Gasteiger partial charge in [0.05, 0.1) is 11.1 Å². The Labute approximate surface area is 145 Å². The van der Waals surface area contributed by atoms with Crippen molar-refractivity contribution in [2.75, 3.05) is 24.5 Å². The number of carbonyl (C=O) groups is 1. The number of hydrogen-bond donors (Lipinski definition) is 0. The van der Waals surface area contributed by atoms with Gasteiger partial charge in [-0.1, -0.05) is 17.7 Å². The van der Waals surface area contributed by atoms with Crippen molar-refractivity contribution in [3.8, 4) is 0 Å². The zero-order valence-electron chi connectivity index (χ0n) is 13.6. The quantitative estimate of drug-likeness (QED) is 0.782. The first kappa shape index (κ1) is 15.3. The first-order valence-electron chi connectivity index (χ1n) is 8.00. The number of likely N-dealkylation sites (tertiary alicyclic amines) is 1. The molecule has 0 radical (unpaired) electrons. The number of halogens is 1. The molecule has 7 heteroatoms. The van der Waals surface area contributed by atoms with E-state index in [1.807, 2.05) is 0 Å². The fourth-order valence-corrected chi connectivity index (χ4v) is 3.75. The van der Waals surface area contributed by atoms with Crippen LogP contribution in [-0.2, 0) is 5.41 Å². The summed E-state index contributed by atoms with van der Waals surface area (Å²) in [4.78, 5) is 29.9. The van der Waals surface area contributed by atoms with E-state index >= 15 is 0 Å². The van der Waals surface area contributed by atoms with Crippen LogP contribution in [0.25, 0.3) is 0 Å². The Morgan fingerprint density at radius 2 is 1.96 bits per heavy atom. The predicted octanol–water partition coefficient (Wildman–Crippen LogP) is 2.15. The van der Waals surface area contributed by atoms with Gasteiger partial charge in [-0.3, -0.25) is 9.78 Å². The molecule has 1 amide bonds. The van der Waals surface area contributed by atoms with E-state index in [0.717, 1.165) is 18.1 Å². The lowest BCUT2D eigenvalue weighted by molar-refractivity contribution is 0.0410.